The van der Waals surface area contributed by atoms with Crippen molar-refractivity contribution in [1.82, 2.24) is 9.88 Å². The average molecular weight is 290 g/mol. The number of aliphatic hydroxyl groups is 1. The van der Waals surface area contributed by atoms with Gasteiger partial charge in [0.1, 0.15) is 5.00 Å². The largest absolute Gasteiger partial charge is 0.395 e. The highest BCUT2D eigenvalue weighted by Gasteiger charge is 2.25. The quantitative estimate of drug-likeness (QED) is 0.906. The predicted octanol–water partition coefficient (Wildman–Crippen LogP) is 2.14. The Labute approximate surface area is 122 Å². The van der Waals surface area contributed by atoms with Crippen LogP contribution in [0, 0.1) is 0 Å². The molecule has 4 nitrogen and oxygen atoms in total. The molecule has 0 spiro atoms. The molecule has 3 rings (SSSR count). The van der Waals surface area contributed by atoms with E-state index in [2.05, 4.69) is 5.32 Å². The van der Waals surface area contributed by atoms with Crippen molar-refractivity contribution < 1.29 is 9.90 Å². The van der Waals surface area contributed by atoms with Crippen molar-refractivity contribution in [2.75, 3.05) is 13.2 Å². The fourth-order valence-corrected chi connectivity index (χ4v) is 4.05. The van der Waals surface area contributed by atoms with Crippen LogP contribution in [-0.2, 0) is 12.8 Å². The van der Waals surface area contributed by atoms with Gasteiger partial charge in [0.15, 0.2) is 0 Å². The zero-order valence-electron chi connectivity index (χ0n) is 11.3. The summed E-state index contributed by atoms with van der Waals surface area (Å²) in [5.41, 5.74) is 2.01. The molecule has 0 aliphatic heterocycles. The molecule has 0 atom stereocenters. The summed E-state index contributed by atoms with van der Waals surface area (Å²) >= 11 is 1.72. The maximum absolute atomic E-state index is 12.4. The van der Waals surface area contributed by atoms with Gasteiger partial charge in [0.05, 0.1) is 12.2 Å². The zero-order chi connectivity index (χ0) is 13.9. The zero-order valence-corrected chi connectivity index (χ0v) is 12.1. The molecule has 20 heavy (non-hydrogen) atoms. The standard InChI is InChI=1S/C15H18N2O2S/c18-10-7-16-14(19)13-11-5-1-2-6-12(11)20-15(13)17-8-3-4-9-17/h3-4,8-9,18H,1-2,5-7,10H2,(H,16,19). The summed E-state index contributed by atoms with van der Waals surface area (Å²) in [5.74, 6) is -0.0675. The van der Waals surface area contributed by atoms with Crippen LogP contribution >= 0.6 is 11.3 Å². The van der Waals surface area contributed by atoms with Gasteiger partial charge in [-0.2, -0.15) is 0 Å². The Bertz CT molecular complexity index is 602. The second kappa shape index (κ2) is 5.81. The Kier molecular flexibility index (Phi) is 3.89. The van der Waals surface area contributed by atoms with Gasteiger partial charge in [0.2, 0.25) is 0 Å². The normalized spacial score (nSPS) is 14.1. The lowest BCUT2D eigenvalue weighted by Gasteiger charge is -2.13. The Morgan fingerprint density at radius 3 is 2.80 bits per heavy atom. The van der Waals surface area contributed by atoms with E-state index in [4.69, 9.17) is 5.11 Å². The van der Waals surface area contributed by atoms with Crippen LogP contribution < -0.4 is 5.32 Å². The molecule has 1 aliphatic rings. The summed E-state index contributed by atoms with van der Waals surface area (Å²) < 4.78 is 2.01. The van der Waals surface area contributed by atoms with Crippen molar-refractivity contribution in [1.29, 1.82) is 0 Å². The number of aliphatic hydroxyl groups excluding tert-OH is 1. The van der Waals surface area contributed by atoms with Gasteiger partial charge in [-0.05, 0) is 43.4 Å². The molecule has 1 aliphatic carbocycles. The Balaban J connectivity index is 2.04. The fraction of sp³-hybridized carbons (Fsp3) is 0.400. The summed E-state index contributed by atoms with van der Waals surface area (Å²) in [5, 5.41) is 12.7. The van der Waals surface area contributed by atoms with Gasteiger partial charge in [0, 0.05) is 23.8 Å². The molecule has 106 valence electrons. The summed E-state index contributed by atoms with van der Waals surface area (Å²) in [6, 6.07) is 3.93. The van der Waals surface area contributed by atoms with Crippen molar-refractivity contribution in [2.45, 2.75) is 25.7 Å². The van der Waals surface area contributed by atoms with Crippen molar-refractivity contribution in [3.63, 3.8) is 0 Å². The molecular formula is C15H18N2O2S. The van der Waals surface area contributed by atoms with E-state index in [0.29, 0.717) is 6.54 Å². The van der Waals surface area contributed by atoms with Crippen LogP contribution in [0.2, 0.25) is 0 Å². The van der Waals surface area contributed by atoms with Crippen LogP contribution in [0.15, 0.2) is 24.5 Å². The lowest BCUT2D eigenvalue weighted by atomic mass is 9.95. The molecular weight excluding hydrogens is 272 g/mol. The topological polar surface area (TPSA) is 54.3 Å². The van der Waals surface area contributed by atoms with Gasteiger partial charge < -0.3 is 15.0 Å². The number of nitrogens with one attached hydrogen (secondary N) is 1. The second-order valence-corrected chi connectivity index (χ2v) is 6.04. The molecule has 0 unspecified atom stereocenters. The van der Waals surface area contributed by atoms with Gasteiger partial charge in [-0.15, -0.1) is 11.3 Å². The number of thiophene rings is 1. The van der Waals surface area contributed by atoms with E-state index in [0.717, 1.165) is 29.8 Å². The molecule has 2 aromatic heterocycles. The van der Waals surface area contributed by atoms with Gasteiger partial charge in [0.25, 0.3) is 5.91 Å². The highest BCUT2D eigenvalue weighted by molar-refractivity contribution is 7.15. The van der Waals surface area contributed by atoms with E-state index in [1.807, 2.05) is 29.1 Å². The molecule has 0 fully saturated rings. The van der Waals surface area contributed by atoms with E-state index >= 15 is 0 Å². The number of fused-ring (bicyclic) bond motifs is 1. The maximum atomic E-state index is 12.4. The number of aryl methyl sites for hydroxylation is 1. The first-order chi connectivity index (χ1) is 9.81. The third-order valence-electron chi connectivity index (χ3n) is 3.62. The van der Waals surface area contributed by atoms with E-state index < -0.39 is 0 Å². The summed E-state index contributed by atoms with van der Waals surface area (Å²) in [6.45, 7) is 0.269. The first kappa shape index (κ1) is 13.4. The van der Waals surface area contributed by atoms with Gasteiger partial charge in [-0.1, -0.05) is 0 Å². The average Bonchev–Trinajstić information content (AvgIpc) is 3.11. The monoisotopic (exact) mass is 290 g/mol. The van der Waals surface area contributed by atoms with Crippen LogP contribution in [0.5, 0.6) is 0 Å². The minimum absolute atomic E-state index is 0.0308. The first-order valence-corrected chi connectivity index (χ1v) is 7.80. The van der Waals surface area contributed by atoms with Crippen LogP contribution in [-0.4, -0.2) is 28.7 Å². The number of hydrogen-bond acceptors (Lipinski definition) is 3. The minimum atomic E-state index is -0.0675. The first-order valence-electron chi connectivity index (χ1n) is 6.98. The smallest absolute Gasteiger partial charge is 0.254 e. The Hall–Kier alpha value is -1.59. The molecule has 2 heterocycles. The van der Waals surface area contributed by atoms with Crippen molar-refractivity contribution >= 4 is 17.2 Å². The highest BCUT2D eigenvalue weighted by Crippen LogP contribution is 2.36. The molecule has 0 bridgehead atoms. The summed E-state index contributed by atoms with van der Waals surface area (Å²) in [7, 11) is 0. The Morgan fingerprint density at radius 2 is 2.05 bits per heavy atom. The molecule has 2 aromatic rings. The number of aromatic nitrogens is 1. The third kappa shape index (κ3) is 2.39. The molecule has 1 amide bonds. The van der Waals surface area contributed by atoms with Crippen LogP contribution in [0.3, 0.4) is 0 Å². The number of carbonyl (C=O) groups excluding carboxylic acids is 1. The number of amides is 1. The molecule has 0 saturated carbocycles. The molecule has 2 N–H and O–H groups in total. The van der Waals surface area contributed by atoms with Gasteiger partial charge >= 0.3 is 0 Å². The number of carbonyl (C=O) groups is 1. The summed E-state index contributed by atoms with van der Waals surface area (Å²) in [4.78, 5) is 13.8. The molecule has 5 heteroatoms. The molecule has 0 aromatic carbocycles. The highest BCUT2D eigenvalue weighted by atomic mass is 32.1. The van der Waals surface area contributed by atoms with Gasteiger partial charge in [-0.3, -0.25) is 4.79 Å². The lowest BCUT2D eigenvalue weighted by molar-refractivity contribution is 0.0944. The van der Waals surface area contributed by atoms with Crippen molar-refractivity contribution in [2.24, 2.45) is 0 Å². The van der Waals surface area contributed by atoms with Crippen LogP contribution in [0.4, 0.5) is 0 Å². The van der Waals surface area contributed by atoms with Crippen LogP contribution in [0.25, 0.3) is 5.00 Å². The Morgan fingerprint density at radius 1 is 1.30 bits per heavy atom. The SMILES string of the molecule is O=C(NCCO)c1c(-n2cccc2)sc2c1CCCC2. The predicted molar refractivity (Wildman–Crippen MR) is 79.7 cm³/mol. The molecule has 0 radical (unpaired) electrons. The van der Waals surface area contributed by atoms with E-state index in [1.54, 1.807) is 11.3 Å². The molecule has 0 saturated heterocycles. The number of rotatable bonds is 4. The summed E-state index contributed by atoms with van der Waals surface area (Å²) in [6.07, 6.45) is 8.35. The van der Waals surface area contributed by atoms with E-state index in [9.17, 15) is 4.79 Å². The lowest BCUT2D eigenvalue weighted by Crippen LogP contribution is -2.28. The number of nitrogens with zero attached hydrogens (tertiary/aromatic N) is 1. The van der Waals surface area contributed by atoms with Crippen molar-refractivity contribution in [3.8, 4) is 5.00 Å². The third-order valence-corrected chi connectivity index (χ3v) is 4.92. The minimum Gasteiger partial charge on any atom is -0.395 e. The van der Waals surface area contributed by atoms with Gasteiger partial charge in [-0.25, -0.2) is 0 Å². The fourth-order valence-electron chi connectivity index (χ4n) is 2.70. The van der Waals surface area contributed by atoms with E-state index in [-0.39, 0.29) is 12.5 Å². The number of hydrogen-bond donors (Lipinski definition) is 2. The van der Waals surface area contributed by atoms with E-state index in [1.165, 1.54) is 16.9 Å². The maximum Gasteiger partial charge on any atom is 0.254 e. The van der Waals surface area contributed by atoms with Crippen LogP contribution in [0.1, 0.15) is 33.6 Å². The second-order valence-electron chi connectivity index (χ2n) is 4.96. The van der Waals surface area contributed by atoms with Crippen molar-refractivity contribution in [3.05, 3.63) is 40.5 Å².